The highest BCUT2D eigenvalue weighted by Crippen LogP contribution is 2.26. The van der Waals surface area contributed by atoms with Crippen LogP contribution in [0, 0.1) is 5.92 Å². The molecule has 1 aromatic carbocycles. The number of carbonyl (C=O) groups is 2. The number of ether oxygens (including phenoxy) is 1. The van der Waals surface area contributed by atoms with Gasteiger partial charge in [0, 0.05) is 19.5 Å². The first-order valence-corrected chi connectivity index (χ1v) is 8.18. The number of carboxylic acids is 1. The van der Waals surface area contributed by atoms with Crippen LogP contribution >= 0.6 is 15.9 Å². The van der Waals surface area contributed by atoms with Gasteiger partial charge >= 0.3 is 5.97 Å². The molecule has 1 fully saturated rings. The van der Waals surface area contributed by atoms with E-state index in [-0.39, 0.29) is 18.2 Å². The van der Waals surface area contributed by atoms with Gasteiger partial charge in [-0.15, -0.1) is 0 Å². The van der Waals surface area contributed by atoms with E-state index in [1.54, 1.807) is 11.8 Å². The predicted molar refractivity (Wildman–Crippen MR) is 85.8 cm³/mol. The van der Waals surface area contributed by atoms with E-state index in [0.29, 0.717) is 18.8 Å². The molecule has 5 nitrogen and oxygen atoms in total. The van der Waals surface area contributed by atoms with Gasteiger partial charge in [-0.2, -0.15) is 0 Å². The molecule has 1 N–H and O–H groups in total. The van der Waals surface area contributed by atoms with Crippen molar-refractivity contribution in [2.45, 2.75) is 32.3 Å². The Labute approximate surface area is 138 Å². The van der Waals surface area contributed by atoms with Crippen LogP contribution in [0.15, 0.2) is 28.7 Å². The summed E-state index contributed by atoms with van der Waals surface area (Å²) in [7, 11) is 0. The fourth-order valence-electron chi connectivity index (χ4n) is 2.64. The van der Waals surface area contributed by atoms with Gasteiger partial charge in [0.2, 0.25) is 0 Å². The zero-order valence-electron chi connectivity index (χ0n) is 12.5. The van der Waals surface area contributed by atoms with Crippen molar-refractivity contribution in [2.24, 2.45) is 5.92 Å². The van der Waals surface area contributed by atoms with Gasteiger partial charge in [-0.25, -0.2) is 0 Å². The van der Waals surface area contributed by atoms with Crippen LogP contribution in [0.25, 0.3) is 0 Å². The molecule has 22 heavy (non-hydrogen) atoms. The van der Waals surface area contributed by atoms with E-state index < -0.39 is 12.1 Å². The summed E-state index contributed by atoms with van der Waals surface area (Å²) in [5, 5.41) is 8.81. The van der Waals surface area contributed by atoms with Crippen LogP contribution in [0.3, 0.4) is 0 Å². The highest BCUT2D eigenvalue weighted by atomic mass is 79.9. The van der Waals surface area contributed by atoms with Crippen molar-refractivity contribution in [3.63, 3.8) is 0 Å². The molecule has 120 valence electrons. The van der Waals surface area contributed by atoms with E-state index in [1.807, 2.05) is 24.3 Å². The number of amides is 1. The molecule has 0 spiro atoms. The summed E-state index contributed by atoms with van der Waals surface area (Å²) in [6.45, 7) is 2.94. The second-order valence-electron chi connectivity index (χ2n) is 5.56. The first-order chi connectivity index (χ1) is 10.5. The molecule has 0 saturated carbocycles. The van der Waals surface area contributed by atoms with Crippen molar-refractivity contribution < 1.29 is 19.4 Å². The van der Waals surface area contributed by atoms with E-state index in [4.69, 9.17) is 9.84 Å². The Bertz CT molecular complexity index is 541. The van der Waals surface area contributed by atoms with Crippen LogP contribution in [-0.2, 0) is 9.59 Å². The second kappa shape index (κ2) is 7.63. The first-order valence-electron chi connectivity index (χ1n) is 7.39. The molecular weight excluding hydrogens is 350 g/mol. The summed E-state index contributed by atoms with van der Waals surface area (Å²) in [4.78, 5) is 24.9. The lowest BCUT2D eigenvalue weighted by molar-refractivity contribution is -0.140. The minimum absolute atomic E-state index is 0.0514. The lowest BCUT2D eigenvalue weighted by Crippen LogP contribution is -2.45. The number of rotatable bonds is 5. The average molecular weight is 370 g/mol. The lowest BCUT2D eigenvalue weighted by atomic mass is 9.93. The number of carboxylic acid groups (broad SMARTS) is 1. The number of benzene rings is 1. The maximum Gasteiger partial charge on any atom is 0.303 e. The number of nitrogens with zero attached hydrogens (tertiary/aromatic N) is 1. The molecule has 1 amide bonds. The second-order valence-corrected chi connectivity index (χ2v) is 6.41. The number of halogens is 1. The SMILES string of the molecule is CC(Oc1ccccc1Br)C(=O)N1CCC(CC(=O)O)CC1. The third kappa shape index (κ3) is 4.47. The Hall–Kier alpha value is -1.56. The molecule has 1 aliphatic rings. The highest BCUT2D eigenvalue weighted by molar-refractivity contribution is 9.10. The summed E-state index contributed by atoms with van der Waals surface area (Å²) in [6, 6.07) is 7.42. The van der Waals surface area contributed by atoms with Gasteiger partial charge in [0.15, 0.2) is 6.10 Å². The number of aliphatic carboxylic acids is 1. The van der Waals surface area contributed by atoms with Crippen LogP contribution in [0.2, 0.25) is 0 Å². The van der Waals surface area contributed by atoms with Crippen molar-refractivity contribution in [3.05, 3.63) is 28.7 Å². The number of likely N-dealkylation sites (tertiary alicyclic amines) is 1. The first kappa shape index (κ1) is 16.8. The molecule has 0 bridgehead atoms. The number of hydrogen-bond donors (Lipinski definition) is 1. The molecular formula is C16H20BrNO4. The fourth-order valence-corrected chi connectivity index (χ4v) is 3.02. The normalized spacial score (nSPS) is 17.1. The average Bonchev–Trinajstić information content (AvgIpc) is 2.49. The summed E-state index contributed by atoms with van der Waals surface area (Å²) >= 11 is 3.40. The van der Waals surface area contributed by atoms with Crippen LogP contribution in [0.5, 0.6) is 5.75 Å². The van der Waals surface area contributed by atoms with Gasteiger partial charge in [-0.1, -0.05) is 12.1 Å². The maximum atomic E-state index is 12.4. The maximum absolute atomic E-state index is 12.4. The quantitative estimate of drug-likeness (QED) is 0.866. The largest absolute Gasteiger partial charge is 0.481 e. The van der Waals surface area contributed by atoms with Crippen molar-refractivity contribution in [1.29, 1.82) is 0 Å². The standard InChI is InChI=1S/C16H20BrNO4/c1-11(22-14-5-3-2-4-13(14)17)16(21)18-8-6-12(7-9-18)10-15(19)20/h2-5,11-12H,6-10H2,1H3,(H,19,20). The minimum Gasteiger partial charge on any atom is -0.481 e. The van der Waals surface area contributed by atoms with E-state index in [2.05, 4.69) is 15.9 Å². The van der Waals surface area contributed by atoms with E-state index >= 15 is 0 Å². The van der Waals surface area contributed by atoms with Gasteiger partial charge in [-0.05, 0) is 53.7 Å². The summed E-state index contributed by atoms with van der Waals surface area (Å²) in [5.41, 5.74) is 0. The number of hydrogen-bond acceptors (Lipinski definition) is 3. The summed E-state index contributed by atoms with van der Waals surface area (Å²) < 4.78 is 6.53. The van der Waals surface area contributed by atoms with Crippen molar-refractivity contribution >= 4 is 27.8 Å². The molecule has 0 radical (unpaired) electrons. The number of para-hydroxylation sites is 1. The number of carbonyl (C=O) groups excluding carboxylic acids is 1. The van der Waals surface area contributed by atoms with Crippen LogP contribution in [-0.4, -0.2) is 41.1 Å². The van der Waals surface area contributed by atoms with Crippen LogP contribution in [0.1, 0.15) is 26.2 Å². The van der Waals surface area contributed by atoms with E-state index in [1.165, 1.54) is 0 Å². The molecule has 2 rings (SSSR count). The Kier molecular flexibility index (Phi) is 5.83. The van der Waals surface area contributed by atoms with Gasteiger partial charge < -0.3 is 14.7 Å². The molecule has 1 aromatic rings. The van der Waals surface area contributed by atoms with Gasteiger partial charge in [-0.3, -0.25) is 9.59 Å². The fraction of sp³-hybridized carbons (Fsp3) is 0.500. The van der Waals surface area contributed by atoms with Crippen LogP contribution in [0.4, 0.5) is 0 Å². The van der Waals surface area contributed by atoms with Gasteiger partial charge in [0.25, 0.3) is 5.91 Å². The molecule has 1 aliphatic heterocycles. The minimum atomic E-state index is -0.768. The van der Waals surface area contributed by atoms with E-state index in [0.717, 1.165) is 17.3 Å². The Balaban J connectivity index is 1.87. The molecule has 1 saturated heterocycles. The predicted octanol–water partition coefficient (Wildman–Crippen LogP) is 2.93. The molecule has 6 heteroatoms. The molecule has 0 aliphatic carbocycles. The third-order valence-electron chi connectivity index (χ3n) is 3.88. The van der Waals surface area contributed by atoms with Crippen molar-refractivity contribution in [3.8, 4) is 5.75 Å². The topological polar surface area (TPSA) is 66.8 Å². The van der Waals surface area contributed by atoms with Crippen molar-refractivity contribution in [2.75, 3.05) is 13.1 Å². The third-order valence-corrected chi connectivity index (χ3v) is 4.53. The smallest absolute Gasteiger partial charge is 0.303 e. The highest BCUT2D eigenvalue weighted by Gasteiger charge is 2.28. The zero-order chi connectivity index (χ0) is 16.1. The lowest BCUT2D eigenvalue weighted by Gasteiger charge is -2.33. The van der Waals surface area contributed by atoms with Gasteiger partial charge in [0.05, 0.1) is 4.47 Å². The Morgan fingerprint density at radius 1 is 1.36 bits per heavy atom. The molecule has 1 unspecified atom stereocenters. The van der Waals surface area contributed by atoms with E-state index in [9.17, 15) is 9.59 Å². The molecule has 0 aromatic heterocycles. The van der Waals surface area contributed by atoms with Crippen molar-refractivity contribution in [1.82, 2.24) is 4.90 Å². The summed E-state index contributed by atoms with van der Waals surface area (Å²) in [6.07, 6.45) is 1.10. The number of piperidine rings is 1. The Morgan fingerprint density at radius 3 is 2.59 bits per heavy atom. The van der Waals surface area contributed by atoms with Gasteiger partial charge in [0.1, 0.15) is 5.75 Å². The monoisotopic (exact) mass is 369 g/mol. The molecule has 1 heterocycles. The summed E-state index contributed by atoms with van der Waals surface area (Å²) in [5.74, 6) is -0.00918. The zero-order valence-corrected chi connectivity index (χ0v) is 14.1. The van der Waals surface area contributed by atoms with Crippen LogP contribution < -0.4 is 4.74 Å². The molecule has 1 atom stereocenters. The Morgan fingerprint density at radius 2 is 2.00 bits per heavy atom.